The highest BCUT2D eigenvalue weighted by atomic mass is 16.1. The summed E-state index contributed by atoms with van der Waals surface area (Å²) in [5.74, 6) is 0.380. The van der Waals surface area contributed by atoms with E-state index in [2.05, 4.69) is 15.4 Å². The summed E-state index contributed by atoms with van der Waals surface area (Å²) in [4.78, 5) is 15.6. The molecule has 6 heteroatoms. The molecule has 0 bridgehead atoms. The minimum absolute atomic E-state index is 0.117. The molecular formula is C11H15N5O. The first kappa shape index (κ1) is 11.4. The second-order valence-corrected chi connectivity index (χ2v) is 3.85. The third-order valence-electron chi connectivity index (χ3n) is 2.46. The Morgan fingerprint density at radius 3 is 2.88 bits per heavy atom. The van der Waals surface area contributed by atoms with Crippen molar-refractivity contribution in [2.24, 2.45) is 14.1 Å². The number of nitrogens with one attached hydrogen (secondary N) is 1. The van der Waals surface area contributed by atoms with Gasteiger partial charge >= 0.3 is 0 Å². The molecule has 0 saturated carbocycles. The van der Waals surface area contributed by atoms with E-state index < -0.39 is 0 Å². The summed E-state index contributed by atoms with van der Waals surface area (Å²) < 4.78 is 3.26. The molecule has 0 fully saturated rings. The molecule has 2 rings (SSSR count). The maximum Gasteiger partial charge on any atom is 0.293 e. The summed E-state index contributed by atoms with van der Waals surface area (Å²) in [5.41, 5.74) is 0.876. The summed E-state index contributed by atoms with van der Waals surface area (Å²) in [5, 5.41) is 7.27. The number of aromatic nitrogens is 4. The van der Waals surface area contributed by atoms with Gasteiger partial charge < -0.3 is 9.88 Å². The number of nitrogens with zero attached hydrogens (tertiary/aromatic N) is 4. The molecule has 0 aromatic carbocycles. The average molecular weight is 233 g/mol. The second kappa shape index (κ2) is 4.82. The van der Waals surface area contributed by atoms with Crippen LogP contribution < -0.4 is 10.9 Å². The zero-order valence-corrected chi connectivity index (χ0v) is 9.92. The largest absolute Gasteiger partial charge is 0.365 e. The maximum atomic E-state index is 11.6. The fourth-order valence-electron chi connectivity index (χ4n) is 1.52. The van der Waals surface area contributed by atoms with Crippen LogP contribution in [0.4, 0.5) is 5.82 Å². The summed E-state index contributed by atoms with van der Waals surface area (Å²) in [7, 11) is 3.58. The number of rotatable bonds is 4. The molecule has 0 aliphatic heterocycles. The summed E-state index contributed by atoms with van der Waals surface area (Å²) in [6.07, 6.45) is 5.90. The minimum atomic E-state index is -0.117. The molecule has 0 atom stereocenters. The van der Waals surface area contributed by atoms with Gasteiger partial charge in [0.15, 0.2) is 5.82 Å². The van der Waals surface area contributed by atoms with E-state index in [-0.39, 0.29) is 5.56 Å². The third-order valence-corrected chi connectivity index (χ3v) is 2.46. The molecule has 2 aromatic rings. The lowest BCUT2D eigenvalue weighted by Crippen LogP contribution is -2.22. The van der Waals surface area contributed by atoms with Gasteiger partial charge in [0.2, 0.25) is 0 Å². The molecule has 1 N–H and O–H groups in total. The van der Waals surface area contributed by atoms with Gasteiger partial charge in [0.25, 0.3) is 5.56 Å². The van der Waals surface area contributed by atoms with Gasteiger partial charge in [-0.1, -0.05) is 0 Å². The monoisotopic (exact) mass is 233 g/mol. The first-order valence-electron chi connectivity index (χ1n) is 5.41. The molecule has 90 valence electrons. The van der Waals surface area contributed by atoms with E-state index in [1.807, 2.05) is 19.3 Å². The Balaban J connectivity index is 1.94. The Labute approximate surface area is 98.9 Å². The summed E-state index contributed by atoms with van der Waals surface area (Å²) >= 11 is 0. The van der Waals surface area contributed by atoms with Crippen LogP contribution in [0.15, 0.2) is 29.5 Å². The van der Waals surface area contributed by atoms with Crippen molar-refractivity contribution in [1.82, 2.24) is 19.3 Å². The molecule has 0 amide bonds. The second-order valence-electron chi connectivity index (χ2n) is 3.85. The molecule has 17 heavy (non-hydrogen) atoms. The molecule has 2 heterocycles. The quantitative estimate of drug-likeness (QED) is 0.817. The Bertz CT molecular complexity index is 557. The lowest BCUT2D eigenvalue weighted by molar-refractivity contribution is 0.741. The van der Waals surface area contributed by atoms with Crippen molar-refractivity contribution in [3.8, 4) is 0 Å². The topological polar surface area (TPSA) is 64.7 Å². The summed E-state index contributed by atoms with van der Waals surface area (Å²) in [6, 6.07) is 1.96. The zero-order chi connectivity index (χ0) is 12.3. The smallest absolute Gasteiger partial charge is 0.293 e. The van der Waals surface area contributed by atoms with E-state index in [0.29, 0.717) is 12.4 Å². The van der Waals surface area contributed by atoms with E-state index in [0.717, 1.165) is 12.1 Å². The van der Waals surface area contributed by atoms with Crippen molar-refractivity contribution in [3.05, 3.63) is 40.7 Å². The average Bonchev–Trinajstić information content (AvgIpc) is 2.70. The van der Waals surface area contributed by atoms with Gasteiger partial charge in [-0.05, 0) is 6.07 Å². The number of hydrogen-bond acceptors (Lipinski definition) is 4. The maximum absolute atomic E-state index is 11.6. The lowest BCUT2D eigenvalue weighted by atomic mass is 10.3. The van der Waals surface area contributed by atoms with Crippen LogP contribution in [0.3, 0.4) is 0 Å². The highest BCUT2D eigenvalue weighted by Gasteiger charge is 2.02. The fraction of sp³-hybridized carbons (Fsp3) is 0.364. The van der Waals surface area contributed by atoms with Gasteiger partial charge in [-0.15, -0.1) is 0 Å². The van der Waals surface area contributed by atoms with Crippen LogP contribution in [0, 0.1) is 0 Å². The van der Waals surface area contributed by atoms with Crippen molar-refractivity contribution in [2.75, 3.05) is 11.9 Å². The minimum Gasteiger partial charge on any atom is -0.365 e. The fourth-order valence-corrected chi connectivity index (χ4v) is 1.52. The molecule has 0 aliphatic carbocycles. The van der Waals surface area contributed by atoms with Gasteiger partial charge in [0.05, 0.1) is 5.69 Å². The first-order valence-corrected chi connectivity index (χ1v) is 5.41. The van der Waals surface area contributed by atoms with Crippen LogP contribution in [-0.4, -0.2) is 25.9 Å². The van der Waals surface area contributed by atoms with E-state index >= 15 is 0 Å². The van der Waals surface area contributed by atoms with Crippen LogP contribution in [0.2, 0.25) is 0 Å². The van der Waals surface area contributed by atoms with E-state index in [4.69, 9.17) is 0 Å². The highest BCUT2D eigenvalue weighted by molar-refractivity contribution is 5.30. The standard InChI is InChI=1S/C11H15N5O/c1-15-8-6-13-10(11(15)17)12-5-3-9-4-7-16(2)14-9/h4,6-8H,3,5H2,1-2H3,(H,12,13). The molecule has 0 saturated heterocycles. The van der Waals surface area contributed by atoms with Crippen LogP contribution in [0.25, 0.3) is 0 Å². The van der Waals surface area contributed by atoms with E-state index in [1.165, 1.54) is 4.57 Å². The molecule has 0 aliphatic rings. The van der Waals surface area contributed by atoms with Crippen LogP contribution >= 0.6 is 0 Å². The molecule has 6 nitrogen and oxygen atoms in total. The van der Waals surface area contributed by atoms with Gasteiger partial charge in [0.1, 0.15) is 0 Å². The normalized spacial score (nSPS) is 10.5. The Kier molecular flexibility index (Phi) is 3.22. The van der Waals surface area contributed by atoms with Crippen LogP contribution in [0.5, 0.6) is 0 Å². The molecule has 0 spiro atoms. The Morgan fingerprint density at radius 2 is 2.18 bits per heavy atom. The number of anilines is 1. The summed E-state index contributed by atoms with van der Waals surface area (Å²) in [6.45, 7) is 0.642. The lowest BCUT2D eigenvalue weighted by Gasteiger charge is -2.04. The third kappa shape index (κ3) is 2.72. The predicted molar refractivity (Wildman–Crippen MR) is 64.9 cm³/mol. The van der Waals surface area contributed by atoms with Crippen molar-refractivity contribution < 1.29 is 0 Å². The molecular weight excluding hydrogens is 218 g/mol. The van der Waals surface area contributed by atoms with Gasteiger partial charge in [-0.25, -0.2) is 4.98 Å². The SMILES string of the molecule is Cn1ccc(CCNc2nccn(C)c2=O)n1. The molecule has 0 radical (unpaired) electrons. The van der Waals surface area contributed by atoms with E-state index in [9.17, 15) is 4.79 Å². The van der Waals surface area contributed by atoms with Crippen molar-refractivity contribution in [3.63, 3.8) is 0 Å². The van der Waals surface area contributed by atoms with Crippen LogP contribution in [0.1, 0.15) is 5.69 Å². The van der Waals surface area contributed by atoms with Gasteiger partial charge in [-0.3, -0.25) is 9.48 Å². The first-order chi connectivity index (χ1) is 8.16. The number of hydrogen-bond donors (Lipinski definition) is 1. The molecule has 2 aromatic heterocycles. The zero-order valence-electron chi connectivity index (χ0n) is 9.92. The van der Waals surface area contributed by atoms with Gasteiger partial charge in [-0.2, -0.15) is 5.10 Å². The van der Waals surface area contributed by atoms with E-state index in [1.54, 1.807) is 24.1 Å². The highest BCUT2D eigenvalue weighted by Crippen LogP contribution is 1.97. The Morgan fingerprint density at radius 1 is 1.35 bits per heavy atom. The van der Waals surface area contributed by atoms with Crippen molar-refractivity contribution in [1.29, 1.82) is 0 Å². The van der Waals surface area contributed by atoms with Crippen LogP contribution in [-0.2, 0) is 20.5 Å². The van der Waals surface area contributed by atoms with Crippen molar-refractivity contribution >= 4 is 5.82 Å². The van der Waals surface area contributed by atoms with Crippen molar-refractivity contribution in [2.45, 2.75) is 6.42 Å². The Hall–Kier alpha value is -2.11. The predicted octanol–water partition coefficient (Wildman–Crippen LogP) is 0.168. The molecule has 0 unspecified atom stereocenters. The number of aryl methyl sites for hydroxylation is 2. The van der Waals surface area contributed by atoms with Gasteiger partial charge in [0, 0.05) is 45.7 Å².